The summed E-state index contributed by atoms with van der Waals surface area (Å²) >= 11 is 0. The topological polar surface area (TPSA) is 57.6 Å². The van der Waals surface area contributed by atoms with Crippen LogP contribution in [0.25, 0.3) is 0 Å². The van der Waals surface area contributed by atoms with Gasteiger partial charge in [-0.2, -0.15) is 8.42 Å². The van der Waals surface area contributed by atoms with Crippen LogP contribution in [0.3, 0.4) is 0 Å². The van der Waals surface area contributed by atoms with Crippen LogP contribution < -0.4 is 0 Å². The van der Waals surface area contributed by atoms with Gasteiger partial charge in [0.05, 0.1) is 6.26 Å². The summed E-state index contributed by atoms with van der Waals surface area (Å²) in [5, 5.41) is 0. The van der Waals surface area contributed by atoms with Crippen LogP contribution in [0, 0.1) is 5.41 Å². The van der Waals surface area contributed by atoms with Crippen LogP contribution in [0.5, 0.6) is 0 Å². The van der Waals surface area contributed by atoms with Crippen molar-refractivity contribution in [3.8, 4) is 0 Å². The number of piperidine rings is 1. The largest absolute Gasteiger partial charge is 0.293 e. The Balaban J connectivity index is 0.000000309. The molecule has 124 valence electrons. The van der Waals surface area contributed by atoms with Crippen molar-refractivity contribution in [2.75, 3.05) is 12.8 Å². The van der Waals surface area contributed by atoms with Gasteiger partial charge in [-0.3, -0.25) is 9.45 Å². The molecule has 0 aromatic heterocycles. The standard InChI is InChI=1S/C16H23N.CH4O3S/c1-12(2)17-10-6-9-16(3)11-13-7-4-5-8-14(13)15(16)17;1-5(2,3)4/h4-5,7-8,12,15H,6,9-11H2,1-3H3;1H3,(H,2,3,4). The van der Waals surface area contributed by atoms with Gasteiger partial charge in [-0.1, -0.05) is 31.2 Å². The molecule has 1 saturated heterocycles. The van der Waals surface area contributed by atoms with Gasteiger partial charge in [0.15, 0.2) is 0 Å². The zero-order chi connectivity index (χ0) is 16.5. The highest BCUT2D eigenvalue weighted by Crippen LogP contribution is 2.54. The van der Waals surface area contributed by atoms with E-state index in [1.165, 1.54) is 25.8 Å². The summed E-state index contributed by atoms with van der Waals surface area (Å²) in [5.41, 5.74) is 3.67. The van der Waals surface area contributed by atoms with E-state index in [1.54, 1.807) is 11.1 Å². The highest BCUT2D eigenvalue weighted by Gasteiger charge is 2.47. The number of likely N-dealkylation sites (tertiary alicyclic amines) is 1. The lowest BCUT2D eigenvalue weighted by molar-refractivity contribution is 0.0158. The first-order chi connectivity index (χ1) is 10.1. The maximum absolute atomic E-state index is 9.19. The van der Waals surface area contributed by atoms with Gasteiger partial charge in [-0.15, -0.1) is 0 Å². The number of benzene rings is 1. The number of hydrogen-bond acceptors (Lipinski definition) is 3. The van der Waals surface area contributed by atoms with Crippen molar-refractivity contribution in [2.24, 2.45) is 5.41 Å². The number of rotatable bonds is 1. The highest BCUT2D eigenvalue weighted by molar-refractivity contribution is 7.85. The Bertz CT molecular complexity index is 619. The number of fused-ring (bicyclic) bond motifs is 3. The Labute approximate surface area is 134 Å². The van der Waals surface area contributed by atoms with Gasteiger partial charge in [-0.05, 0) is 56.2 Å². The molecule has 2 aliphatic rings. The van der Waals surface area contributed by atoms with Crippen molar-refractivity contribution < 1.29 is 13.0 Å². The second-order valence-corrected chi connectivity index (χ2v) is 8.57. The molecule has 4 nitrogen and oxygen atoms in total. The molecule has 0 radical (unpaired) electrons. The maximum Gasteiger partial charge on any atom is 0.261 e. The molecule has 1 aromatic rings. The van der Waals surface area contributed by atoms with Crippen molar-refractivity contribution in [1.29, 1.82) is 0 Å². The molecule has 1 fully saturated rings. The third-order valence-corrected chi connectivity index (χ3v) is 4.76. The Morgan fingerprint density at radius 1 is 1.32 bits per heavy atom. The third kappa shape index (κ3) is 3.89. The Kier molecular flexibility index (Phi) is 5.00. The molecule has 0 saturated carbocycles. The highest BCUT2D eigenvalue weighted by atomic mass is 32.2. The molecule has 2 unspecified atom stereocenters. The van der Waals surface area contributed by atoms with Crippen molar-refractivity contribution in [2.45, 2.75) is 52.1 Å². The summed E-state index contributed by atoms with van der Waals surface area (Å²) in [6.45, 7) is 8.44. The molecule has 0 spiro atoms. The van der Waals surface area contributed by atoms with Crippen molar-refractivity contribution in [1.82, 2.24) is 4.90 Å². The normalized spacial score (nSPS) is 27.8. The third-order valence-electron chi connectivity index (χ3n) is 4.76. The zero-order valence-corrected chi connectivity index (χ0v) is 14.7. The molecule has 1 heterocycles. The van der Waals surface area contributed by atoms with E-state index in [0.29, 0.717) is 23.8 Å². The summed E-state index contributed by atoms with van der Waals surface area (Å²) in [4.78, 5) is 2.72. The molecule has 22 heavy (non-hydrogen) atoms. The average Bonchev–Trinajstić information content (AvgIpc) is 2.68. The van der Waals surface area contributed by atoms with Crippen molar-refractivity contribution in [3.05, 3.63) is 35.4 Å². The predicted octanol–water partition coefficient (Wildman–Crippen LogP) is 3.30. The van der Waals surface area contributed by atoms with E-state index in [1.807, 2.05) is 0 Å². The first-order valence-electron chi connectivity index (χ1n) is 7.88. The van der Waals surface area contributed by atoms with Crippen LogP contribution in [0.4, 0.5) is 0 Å². The van der Waals surface area contributed by atoms with Gasteiger partial charge in [0, 0.05) is 12.1 Å². The molecule has 1 N–H and O–H groups in total. The second kappa shape index (κ2) is 6.30. The number of nitrogens with zero attached hydrogens (tertiary/aromatic N) is 1. The minimum absolute atomic E-state index is 0.478. The Morgan fingerprint density at radius 3 is 2.50 bits per heavy atom. The molecule has 1 aliphatic carbocycles. The van der Waals surface area contributed by atoms with Gasteiger partial charge in [0.2, 0.25) is 0 Å². The summed E-state index contributed by atoms with van der Waals surface area (Å²) < 4.78 is 25.9. The van der Waals surface area contributed by atoms with Crippen LogP contribution in [0.2, 0.25) is 0 Å². The molecule has 1 aliphatic heterocycles. The van der Waals surface area contributed by atoms with Crippen LogP contribution in [0.15, 0.2) is 24.3 Å². The quantitative estimate of drug-likeness (QED) is 0.805. The first kappa shape index (κ1) is 17.4. The average molecular weight is 325 g/mol. The molecule has 3 rings (SSSR count). The van der Waals surface area contributed by atoms with Crippen molar-refractivity contribution in [3.63, 3.8) is 0 Å². The zero-order valence-electron chi connectivity index (χ0n) is 13.9. The van der Waals surface area contributed by atoms with E-state index in [4.69, 9.17) is 4.55 Å². The molecular formula is C17H27NO3S. The monoisotopic (exact) mass is 325 g/mol. The molecular weight excluding hydrogens is 298 g/mol. The van der Waals surface area contributed by atoms with E-state index in [2.05, 4.69) is 49.9 Å². The summed E-state index contributed by atoms with van der Waals surface area (Å²) in [7, 11) is -3.67. The van der Waals surface area contributed by atoms with E-state index in [9.17, 15) is 8.42 Å². The summed E-state index contributed by atoms with van der Waals surface area (Å²) in [6.07, 6.45) is 4.73. The van der Waals surface area contributed by atoms with Crippen LogP contribution in [-0.2, 0) is 16.5 Å². The second-order valence-electron chi connectivity index (χ2n) is 7.10. The molecule has 1 aromatic carbocycles. The SMILES string of the molecule is CC(C)N1CCCC2(C)Cc3ccccc3C12.CS(=O)(=O)O. The minimum Gasteiger partial charge on any atom is -0.293 e. The van der Waals surface area contributed by atoms with Gasteiger partial charge in [0.25, 0.3) is 10.1 Å². The van der Waals surface area contributed by atoms with Crippen LogP contribution in [0.1, 0.15) is 50.8 Å². The fourth-order valence-corrected chi connectivity index (χ4v) is 4.02. The van der Waals surface area contributed by atoms with Crippen LogP contribution in [-0.4, -0.2) is 36.7 Å². The number of hydrogen-bond donors (Lipinski definition) is 1. The lowest BCUT2D eigenvalue weighted by Gasteiger charge is -2.47. The van der Waals surface area contributed by atoms with Crippen LogP contribution >= 0.6 is 0 Å². The molecule has 0 bridgehead atoms. The van der Waals surface area contributed by atoms with Gasteiger partial charge >= 0.3 is 0 Å². The lowest BCUT2D eigenvalue weighted by Crippen LogP contribution is -2.45. The fraction of sp³-hybridized carbons (Fsp3) is 0.647. The smallest absolute Gasteiger partial charge is 0.261 e. The van der Waals surface area contributed by atoms with E-state index < -0.39 is 10.1 Å². The van der Waals surface area contributed by atoms with Gasteiger partial charge in [-0.25, -0.2) is 0 Å². The molecule has 5 heteroatoms. The van der Waals surface area contributed by atoms with E-state index in [-0.39, 0.29) is 0 Å². The molecule has 0 amide bonds. The van der Waals surface area contributed by atoms with E-state index >= 15 is 0 Å². The molecule has 2 atom stereocenters. The Morgan fingerprint density at radius 2 is 1.91 bits per heavy atom. The van der Waals surface area contributed by atoms with Crippen molar-refractivity contribution >= 4 is 10.1 Å². The maximum atomic E-state index is 9.19. The predicted molar refractivity (Wildman–Crippen MR) is 89.5 cm³/mol. The summed E-state index contributed by atoms with van der Waals surface area (Å²) in [5.74, 6) is 0. The lowest BCUT2D eigenvalue weighted by atomic mass is 9.75. The minimum atomic E-state index is -3.67. The summed E-state index contributed by atoms with van der Waals surface area (Å²) in [6, 6.07) is 10.4. The van der Waals surface area contributed by atoms with Gasteiger partial charge in [0.1, 0.15) is 0 Å². The fourth-order valence-electron chi connectivity index (χ4n) is 4.02. The Hall–Kier alpha value is -0.910. The van der Waals surface area contributed by atoms with Gasteiger partial charge < -0.3 is 0 Å². The first-order valence-corrected chi connectivity index (χ1v) is 9.73. The van der Waals surface area contributed by atoms with E-state index in [0.717, 1.165) is 0 Å².